The summed E-state index contributed by atoms with van der Waals surface area (Å²) in [7, 11) is 0. The molecule has 4 unspecified atom stereocenters. The molecule has 0 aromatic heterocycles. The molecule has 4 aliphatic rings. The van der Waals surface area contributed by atoms with E-state index in [4.69, 9.17) is 9.47 Å². The van der Waals surface area contributed by atoms with Gasteiger partial charge in [-0.05, 0) is 12.8 Å². The number of hydrogen-bond donors (Lipinski definition) is 0. The zero-order valence-electron chi connectivity index (χ0n) is 8.06. The second kappa shape index (κ2) is 2.02. The lowest BCUT2D eigenvalue weighted by Crippen LogP contribution is -2.46. The molecular weight excluding hydrogens is 196 g/mol. The van der Waals surface area contributed by atoms with Crippen molar-refractivity contribution in [1.29, 1.82) is 0 Å². The predicted molar refractivity (Wildman–Crippen MR) is 47.6 cm³/mol. The van der Waals surface area contributed by atoms with Gasteiger partial charge in [0.05, 0.1) is 12.2 Å². The number of carbonyl (C=O) groups is 2. The zero-order chi connectivity index (χ0) is 10.3. The van der Waals surface area contributed by atoms with E-state index < -0.39 is 10.8 Å². The van der Waals surface area contributed by atoms with E-state index in [1.807, 2.05) is 12.2 Å². The molecule has 0 amide bonds. The van der Waals surface area contributed by atoms with Crippen LogP contribution in [0.2, 0.25) is 0 Å². The van der Waals surface area contributed by atoms with Crippen LogP contribution < -0.4 is 0 Å². The van der Waals surface area contributed by atoms with Crippen molar-refractivity contribution in [1.82, 2.24) is 0 Å². The van der Waals surface area contributed by atoms with Crippen LogP contribution in [0.3, 0.4) is 0 Å². The molecule has 1 aliphatic carbocycles. The van der Waals surface area contributed by atoms with E-state index in [9.17, 15) is 9.59 Å². The van der Waals surface area contributed by atoms with E-state index in [0.717, 1.165) is 19.3 Å². The van der Waals surface area contributed by atoms with Gasteiger partial charge in [0.15, 0.2) is 0 Å². The van der Waals surface area contributed by atoms with Gasteiger partial charge in [-0.25, -0.2) is 0 Å². The smallest absolute Gasteiger partial charge is 0.324 e. The molecule has 4 atom stereocenters. The third-order valence-corrected chi connectivity index (χ3v) is 4.58. The highest BCUT2D eigenvalue weighted by molar-refractivity contribution is 6.04. The number of esters is 2. The van der Waals surface area contributed by atoms with Crippen LogP contribution >= 0.6 is 0 Å². The lowest BCUT2D eigenvalue weighted by Gasteiger charge is -2.31. The summed E-state index contributed by atoms with van der Waals surface area (Å²) in [6.07, 6.45) is 5.72. The number of cyclic esters (lactones) is 2. The average molecular weight is 206 g/mol. The van der Waals surface area contributed by atoms with Gasteiger partial charge < -0.3 is 9.47 Å². The molecule has 3 aliphatic heterocycles. The highest BCUT2D eigenvalue weighted by Crippen LogP contribution is 2.69. The third kappa shape index (κ3) is 0.540. The van der Waals surface area contributed by atoms with Gasteiger partial charge >= 0.3 is 11.9 Å². The summed E-state index contributed by atoms with van der Waals surface area (Å²) in [6.45, 7) is 0. The molecular formula is C11H10O4. The van der Waals surface area contributed by atoms with Gasteiger partial charge in [0, 0.05) is 0 Å². The monoisotopic (exact) mass is 206 g/mol. The molecule has 2 bridgehead atoms. The summed E-state index contributed by atoms with van der Waals surface area (Å²) in [5.74, 6) is -0.719. The molecule has 15 heavy (non-hydrogen) atoms. The highest BCUT2D eigenvalue weighted by Gasteiger charge is 2.81. The summed E-state index contributed by atoms with van der Waals surface area (Å²) in [5.41, 5.74) is -1.35. The largest absolute Gasteiger partial charge is 0.392 e. The number of rotatable bonds is 0. The van der Waals surface area contributed by atoms with Crippen molar-refractivity contribution >= 4 is 11.9 Å². The van der Waals surface area contributed by atoms with Crippen LogP contribution in [-0.4, -0.2) is 24.1 Å². The van der Waals surface area contributed by atoms with E-state index >= 15 is 0 Å². The normalized spacial score (nSPS) is 54.7. The predicted octanol–water partition coefficient (Wildman–Crippen LogP) is 0.564. The molecule has 1 saturated carbocycles. The van der Waals surface area contributed by atoms with Gasteiger partial charge in [-0.1, -0.05) is 18.6 Å². The Hall–Kier alpha value is -1.16. The summed E-state index contributed by atoms with van der Waals surface area (Å²) < 4.78 is 10.6. The molecule has 3 heterocycles. The van der Waals surface area contributed by atoms with Crippen molar-refractivity contribution in [2.45, 2.75) is 31.5 Å². The fourth-order valence-corrected chi connectivity index (χ4v) is 3.96. The molecule has 0 aromatic carbocycles. The summed E-state index contributed by atoms with van der Waals surface area (Å²) >= 11 is 0. The van der Waals surface area contributed by atoms with Crippen molar-refractivity contribution in [2.75, 3.05) is 0 Å². The van der Waals surface area contributed by atoms with Gasteiger partial charge in [0.2, 0.25) is 0 Å². The van der Waals surface area contributed by atoms with Crippen LogP contribution in [0.4, 0.5) is 0 Å². The molecule has 3 fully saturated rings. The van der Waals surface area contributed by atoms with Gasteiger partial charge in [-0.15, -0.1) is 0 Å². The number of hydrogen-bond acceptors (Lipinski definition) is 4. The minimum atomic E-state index is -0.677. The van der Waals surface area contributed by atoms with Crippen molar-refractivity contribution < 1.29 is 19.1 Å². The molecule has 0 aromatic rings. The number of carbonyl (C=O) groups excluding carboxylic acids is 2. The lowest BCUT2D eigenvalue weighted by molar-refractivity contribution is -0.160. The molecule has 78 valence electrons. The van der Waals surface area contributed by atoms with Crippen LogP contribution in [0.25, 0.3) is 0 Å². The third-order valence-electron chi connectivity index (χ3n) is 4.58. The van der Waals surface area contributed by atoms with Crippen molar-refractivity contribution in [3.8, 4) is 0 Å². The maximum absolute atomic E-state index is 11.9. The molecule has 2 saturated heterocycles. The fraction of sp³-hybridized carbons (Fsp3) is 0.636. The maximum atomic E-state index is 11.9. The molecule has 0 spiro atoms. The first-order valence-corrected chi connectivity index (χ1v) is 5.32. The summed E-state index contributed by atoms with van der Waals surface area (Å²) in [4.78, 5) is 23.8. The van der Waals surface area contributed by atoms with Crippen molar-refractivity contribution in [3.63, 3.8) is 0 Å². The Morgan fingerprint density at radius 2 is 1.60 bits per heavy atom. The summed E-state index contributed by atoms with van der Waals surface area (Å²) in [6, 6.07) is 0. The van der Waals surface area contributed by atoms with Gasteiger partial charge in [0.1, 0.15) is 10.8 Å². The van der Waals surface area contributed by atoms with Crippen LogP contribution in [-0.2, 0) is 19.1 Å². The average Bonchev–Trinajstić information content (AvgIpc) is 2.89. The first-order chi connectivity index (χ1) is 7.22. The number of ether oxygens (including phenoxy) is 2. The van der Waals surface area contributed by atoms with E-state index in [1.165, 1.54) is 0 Å². The van der Waals surface area contributed by atoms with E-state index in [-0.39, 0.29) is 24.1 Å². The maximum Gasteiger partial charge on any atom is 0.324 e. The Labute approximate surface area is 86.2 Å². The topological polar surface area (TPSA) is 52.6 Å². The van der Waals surface area contributed by atoms with Crippen molar-refractivity contribution in [3.05, 3.63) is 12.2 Å². The van der Waals surface area contributed by atoms with Crippen LogP contribution in [0.1, 0.15) is 19.3 Å². The van der Waals surface area contributed by atoms with Gasteiger partial charge in [0.25, 0.3) is 0 Å². The Morgan fingerprint density at radius 3 is 2.13 bits per heavy atom. The Kier molecular flexibility index (Phi) is 1.08. The number of fused-ring (bicyclic) bond motifs is 2. The first kappa shape index (κ1) is 8.05. The quantitative estimate of drug-likeness (QED) is 0.330. The Balaban J connectivity index is 2.05. The second-order valence-corrected chi connectivity index (χ2v) is 4.84. The SMILES string of the molecule is O=C1OC(=O)C23CCCC12C1C=CC3O1. The Morgan fingerprint density at radius 1 is 1.07 bits per heavy atom. The minimum absolute atomic E-state index is 0.232. The van der Waals surface area contributed by atoms with Crippen LogP contribution in [0.5, 0.6) is 0 Å². The van der Waals surface area contributed by atoms with E-state index in [2.05, 4.69) is 0 Å². The minimum Gasteiger partial charge on any atom is -0.392 e. The van der Waals surface area contributed by atoms with Crippen molar-refractivity contribution in [2.24, 2.45) is 10.8 Å². The zero-order valence-corrected chi connectivity index (χ0v) is 8.06. The van der Waals surface area contributed by atoms with E-state index in [1.54, 1.807) is 0 Å². The van der Waals surface area contributed by atoms with E-state index in [0.29, 0.717) is 0 Å². The van der Waals surface area contributed by atoms with Crippen LogP contribution in [0.15, 0.2) is 12.2 Å². The summed E-state index contributed by atoms with van der Waals surface area (Å²) in [5, 5.41) is 0. The molecule has 4 heteroatoms. The fourth-order valence-electron chi connectivity index (χ4n) is 3.96. The molecule has 0 radical (unpaired) electrons. The van der Waals surface area contributed by atoms with Crippen LogP contribution in [0, 0.1) is 10.8 Å². The Bertz CT molecular complexity index is 390. The molecule has 4 rings (SSSR count). The van der Waals surface area contributed by atoms with Gasteiger partial charge in [-0.3, -0.25) is 9.59 Å². The molecule has 4 nitrogen and oxygen atoms in total. The second-order valence-electron chi connectivity index (χ2n) is 4.84. The first-order valence-electron chi connectivity index (χ1n) is 5.32. The highest BCUT2D eigenvalue weighted by atomic mass is 16.6. The van der Waals surface area contributed by atoms with Gasteiger partial charge in [-0.2, -0.15) is 0 Å². The lowest BCUT2D eigenvalue weighted by atomic mass is 9.61. The molecule has 0 N–H and O–H groups in total. The standard InChI is InChI=1S/C11H10O4/c12-8-10-4-1-5-11(10,9(13)15-8)7-3-2-6(10)14-7/h2-3,6-7H,1,4-5H2.